The first-order valence-electron chi connectivity index (χ1n) is 6.88. The summed E-state index contributed by atoms with van der Waals surface area (Å²) in [6.07, 6.45) is 1.97. The van der Waals surface area contributed by atoms with Crippen molar-refractivity contribution in [3.05, 3.63) is 62.7 Å². The lowest BCUT2D eigenvalue weighted by Gasteiger charge is -2.31. The lowest BCUT2D eigenvalue weighted by Crippen LogP contribution is -2.25. The van der Waals surface area contributed by atoms with Gasteiger partial charge < -0.3 is 4.90 Å². The smallest absolute Gasteiger partial charge is 0.311 e. The van der Waals surface area contributed by atoms with Gasteiger partial charge in [-0.05, 0) is 43.5 Å². The maximum absolute atomic E-state index is 11.3. The minimum atomic E-state index is -0.403. The van der Waals surface area contributed by atoms with Crippen LogP contribution in [0.2, 0.25) is 5.02 Å². The van der Waals surface area contributed by atoms with Gasteiger partial charge in [-0.2, -0.15) is 0 Å². The van der Waals surface area contributed by atoms with Crippen LogP contribution in [0.1, 0.15) is 17.5 Å². The first kappa shape index (κ1) is 13.9. The van der Waals surface area contributed by atoms with E-state index >= 15 is 0 Å². The van der Waals surface area contributed by atoms with Gasteiger partial charge in [-0.1, -0.05) is 35.4 Å². The number of rotatable bonds is 2. The van der Waals surface area contributed by atoms with Crippen molar-refractivity contribution in [2.45, 2.75) is 19.8 Å². The van der Waals surface area contributed by atoms with Crippen LogP contribution >= 0.6 is 11.6 Å². The summed E-state index contributed by atoms with van der Waals surface area (Å²) in [7, 11) is 0. The summed E-state index contributed by atoms with van der Waals surface area (Å²) < 4.78 is 0. The third-order valence-corrected chi connectivity index (χ3v) is 4.10. The van der Waals surface area contributed by atoms with Crippen molar-refractivity contribution in [2.75, 3.05) is 11.4 Å². The molecule has 21 heavy (non-hydrogen) atoms. The monoisotopic (exact) mass is 302 g/mol. The van der Waals surface area contributed by atoms with E-state index in [-0.39, 0.29) is 10.7 Å². The van der Waals surface area contributed by atoms with Crippen molar-refractivity contribution in [3.63, 3.8) is 0 Å². The van der Waals surface area contributed by atoms with Crippen LogP contribution in [-0.4, -0.2) is 11.5 Å². The fraction of sp³-hybridized carbons (Fsp3) is 0.250. The highest BCUT2D eigenvalue weighted by atomic mass is 35.5. The van der Waals surface area contributed by atoms with E-state index in [4.69, 9.17) is 11.6 Å². The third-order valence-electron chi connectivity index (χ3n) is 3.79. The SMILES string of the molecule is Cc1ccc2c(c1)CCCN2c1cccc(Cl)c1[N+](=O)[O-]. The molecule has 0 amide bonds. The van der Waals surface area contributed by atoms with E-state index in [1.165, 1.54) is 11.1 Å². The molecule has 0 spiro atoms. The molecular weight excluding hydrogens is 288 g/mol. The van der Waals surface area contributed by atoms with E-state index in [1.54, 1.807) is 18.2 Å². The number of hydrogen-bond donors (Lipinski definition) is 0. The average molecular weight is 303 g/mol. The second kappa shape index (κ2) is 5.37. The van der Waals surface area contributed by atoms with Gasteiger partial charge in [-0.25, -0.2) is 0 Å². The molecule has 1 aliphatic heterocycles. The highest BCUT2D eigenvalue weighted by molar-refractivity contribution is 6.33. The molecule has 0 saturated heterocycles. The molecule has 1 aliphatic rings. The molecule has 3 rings (SSSR count). The van der Waals surface area contributed by atoms with Gasteiger partial charge in [0, 0.05) is 12.2 Å². The molecule has 108 valence electrons. The quantitative estimate of drug-likeness (QED) is 0.599. The molecule has 5 heteroatoms. The Morgan fingerprint density at radius 1 is 1.24 bits per heavy atom. The lowest BCUT2D eigenvalue weighted by molar-refractivity contribution is -0.383. The standard InChI is InChI=1S/C16H15ClN2O2/c1-11-7-8-14-12(10-11)4-3-9-18(14)15-6-2-5-13(17)16(15)19(20)21/h2,5-8,10H,3-4,9H2,1H3. The summed E-state index contributed by atoms with van der Waals surface area (Å²) >= 11 is 6.03. The van der Waals surface area contributed by atoms with E-state index in [0.29, 0.717) is 5.69 Å². The van der Waals surface area contributed by atoms with E-state index in [0.717, 1.165) is 25.1 Å². The van der Waals surface area contributed by atoms with Crippen molar-refractivity contribution in [3.8, 4) is 0 Å². The molecule has 0 fully saturated rings. The van der Waals surface area contributed by atoms with Gasteiger partial charge in [0.05, 0.1) is 4.92 Å². The maximum Gasteiger partial charge on any atom is 0.311 e. The minimum Gasteiger partial charge on any atom is -0.336 e. The molecule has 2 aromatic carbocycles. The highest BCUT2D eigenvalue weighted by Gasteiger charge is 2.26. The second-order valence-corrected chi connectivity index (χ2v) is 5.66. The summed E-state index contributed by atoms with van der Waals surface area (Å²) in [6.45, 7) is 2.82. The number of fused-ring (bicyclic) bond motifs is 1. The Bertz CT molecular complexity index is 715. The molecule has 0 N–H and O–H groups in total. The van der Waals surface area contributed by atoms with Crippen molar-refractivity contribution < 1.29 is 4.92 Å². The van der Waals surface area contributed by atoms with Gasteiger partial charge in [0.15, 0.2) is 0 Å². The second-order valence-electron chi connectivity index (χ2n) is 5.25. The fourth-order valence-corrected chi connectivity index (χ4v) is 3.12. The number of anilines is 2. The third kappa shape index (κ3) is 2.47. The predicted octanol–water partition coefficient (Wildman–Crippen LogP) is 4.64. The van der Waals surface area contributed by atoms with Gasteiger partial charge >= 0.3 is 5.69 Å². The van der Waals surface area contributed by atoms with Crippen LogP contribution in [0.3, 0.4) is 0 Å². The molecule has 0 radical (unpaired) electrons. The van der Waals surface area contributed by atoms with Gasteiger partial charge in [-0.3, -0.25) is 10.1 Å². The summed E-state index contributed by atoms with van der Waals surface area (Å²) in [4.78, 5) is 12.9. The molecule has 1 heterocycles. The summed E-state index contributed by atoms with van der Waals surface area (Å²) in [6, 6.07) is 11.3. The van der Waals surface area contributed by atoms with Crippen LogP contribution in [0.25, 0.3) is 0 Å². The number of para-hydroxylation sites is 1. The molecule has 0 aromatic heterocycles. The fourth-order valence-electron chi connectivity index (χ4n) is 2.88. The number of halogens is 1. The molecular formula is C16H15ClN2O2. The molecule has 0 atom stereocenters. The zero-order valence-corrected chi connectivity index (χ0v) is 12.4. The number of aryl methyl sites for hydroxylation is 2. The van der Waals surface area contributed by atoms with Gasteiger partial charge in [0.2, 0.25) is 0 Å². The highest BCUT2D eigenvalue weighted by Crippen LogP contribution is 2.41. The Hall–Kier alpha value is -2.07. The maximum atomic E-state index is 11.3. The molecule has 0 unspecified atom stereocenters. The molecule has 0 aliphatic carbocycles. The summed E-state index contributed by atoms with van der Waals surface area (Å²) in [5.74, 6) is 0. The Labute approximate surface area is 128 Å². The molecule has 0 bridgehead atoms. The predicted molar refractivity (Wildman–Crippen MR) is 84.6 cm³/mol. The summed E-state index contributed by atoms with van der Waals surface area (Å²) in [5.41, 5.74) is 4.02. The zero-order valence-electron chi connectivity index (χ0n) is 11.7. The van der Waals surface area contributed by atoms with E-state index in [9.17, 15) is 10.1 Å². The van der Waals surface area contributed by atoms with E-state index in [1.807, 2.05) is 17.0 Å². The van der Waals surface area contributed by atoms with Crippen LogP contribution in [0.5, 0.6) is 0 Å². The van der Waals surface area contributed by atoms with Crippen molar-refractivity contribution >= 4 is 28.7 Å². The Morgan fingerprint density at radius 3 is 2.81 bits per heavy atom. The zero-order chi connectivity index (χ0) is 15.0. The van der Waals surface area contributed by atoms with Gasteiger partial charge in [-0.15, -0.1) is 0 Å². The molecule has 2 aromatic rings. The minimum absolute atomic E-state index is 0.0207. The Morgan fingerprint density at radius 2 is 2.05 bits per heavy atom. The first-order chi connectivity index (χ1) is 10.1. The van der Waals surface area contributed by atoms with Crippen molar-refractivity contribution in [1.82, 2.24) is 0 Å². The number of nitro groups is 1. The van der Waals surface area contributed by atoms with E-state index in [2.05, 4.69) is 13.0 Å². The van der Waals surface area contributed by atoms with Crippen LogP contribution in [0.15, 0.2) is 36.4 Å². The van der Waals surface area contributed by atoms with Crippen LogP contribution in [0, 0.1) is 17.0 Å². The van der Waals surface area contributed by atoms with Crippen LogP contribution in [0.4, 0.5) is 17.1 Å². The largest absolute Gasteiger partial charge is 0.336 e. The van der Waals surface area contributed by atoms with Gasteiger partial charge in [0.25, 0.3) is 0 Å². The average Bonchev–Trinajstić information content (AvgIpc) is 2.45. The van der Waals surface area contributed by atoms with Crippen LogP contribution in [-0.2, 0) is 6.42 Å². The topological polar surface area (TPSA) is 46.4 Å². The number of nitrogens with zero attached hydrogens (tertiary/aromatic N) is 2. The number of benzene rings is 2. The first-order valence-corrected chi connectivity index (χ1v) is 7.25. The van der Waals surface area contributed by atoms with Gasteiger partial charge in [0.1, 0.15) is 10.7 Å². The van der Waals surface area contributed by atoms with Crippen molar-refractivity contribution in [2.24, 2.45) is 0 Å². The Kier molecular flexibility index (Phi) is 3.55. The van der Waals surface area contributed by atoms with Crippen molar-refractivity contribution in [1.29, 1.82) is 0 Å². The van der Waals surface area contributed by atoms with Crippen LogP contribution < -0.4 is 4.90 Å². The Balaban J connectivity index is 2.16. The lowest BCUT2D eigenvalue weighted by atomic mass is 9.99. The number of nitro benzene ring substituents is 1. The molecule has 4 nitrogen and oxygen atoms in total. The number of hydrogen-bond acceptors (Lipinski definition) is 3. The molecule has 0 saturated carbocycles. The van der Waals surface area contributed by atoms with E-state index < -0.39 is 4.92 Å². The summed E-state index contributed by atoms with van der Waals surface area (Å²) in [5, 5.41) is 11.5. The normalized spacial score (nSPS) is 13.9.